The van der Waals surface area contributed by atoms with E-state index >= 15 is 0 Å². The smallest absolute Gasteiger partial charge is 0.245 e. The number of pyridine rings is 1. The molecule has 21 heavy (non-hydrogen) atoms. The highest BCUT2D eigenvalue weighted by Crippen LogP contribution is 2.24. The molecule has 1 atom stereocenters. The molecule has 1 amide bonds. The zero-order valence-electron chi connectivity index (χ0n) is 12.8. The van der Waals surface area contributed by atoms with E-state index in [1.54, 1.807) is 6.20 Å². The van der Waals surface area contributed by atoms with Gasteiger partial charge in [0.2, 0.25) is 5.91 Å². The predicted molar refractivity (Wildman–Crippen MR) is 82.1 cm³/mol. The van der Waals surface area contributed by atoms with Crippen molar-refractivity contribution in [1.82, 2.24) is 10.3 Å². The second kappa shape index (κ2) is 7.38. The van der Waals surface area contributed by atoms with Crippen molar-refractivity contribution in [3.05, 3.63) is 23.4 Å². The van der Waals surface area contributed by atoms with E-state index in [1.807, 2.05) is 24.8 Å². The van der Waals surface area contributed by atoms with Crippen LogP contribution >= 0.6 is 0 Å². The highest BCUT2D eigenvalue weighted by atomic mass is 16.5. The van der Waals surface area contributed by atoms with Crippen LogP contribution in [-0.4, -0.2) is 43.2 Å². The second-order valence-corrected chi connectivity index (χ2v) is 5.21. The molecule has 0 aromatic carbocycles. The Kier molecular flexibility index (Phi) is 5.52. The van der Waals surface area contributed by atoms with Crippen molar-refractivity contribution in [1.29, 1.82) is 0 Å². The number of aryl methyl sites for hydroxylation is 1. The largest absolute Gasteiger partial charge is 0.377 e. The average Bonchev–Trinajstić information content (AvgIpc) is 2.52. The number of anilines is 1. The Morgan fingerprint density at radius 1 is 1.62 bits per heavy atom. The van der Waals surface area contributed by atoms with Crippen molar-refractivity contribution in [3.8, 4) is 0 Å². The van der Waals surface area contributed by atoms with Gasteiger partial charge in [0.15, 0.2) is 0 Å². The van der Waals surface area contributed by atoms with Crippen LogP contribution in [0.1, 0.15) is 24.5 Å². The first-order valence-corrected chi connectivity index (χ1v) is 7.45. The average molecular weight is 292 g/mol. The number of nitrogens with zero attached hydrogens (tertiary/aromatic N) is 2. The van der Waals surface area contributed by atoms with Crippen LogP contribution in [0.5, 0.6) is 0 Å². The molecule has 1 unspecified atom stereocenters. The first-order chi connectivity index (χ1) is 10.2. The molecule has 116 valence electrons. The maximum absolute atomic E-state index is 12.3. The highest BCUT2D eigenvalue weighted by molar-refractivity contribution is 5.85. The molecule has 0 spiro atoms. The fraction of sp³-hybridized carbons (Fsp3) is 0.600. The SMILES string of the molecule is CCCNC(=O)C1COCCN1c1nccc(C)c1CN. The van der Waals surface area contributed by atoms with Crippen LogP contribution < -0.4 is 16.0 Å². The van der Waals surface area contributed by atoms with Gasteiger partial charge in [0.05, 0.1) is 13.2 Å². The van der Waals surface area contributed by atoms with E-state index in [9.17, 15) is 4.79 Å². The number of carbonyl (C=O) groups excluding carboxylic acids is 1. The van der Waals surface area contributed by atoms with E-state index in [4.69, 9.17) is 10.5 Å². The Balaban J connectivity index is 2.26. The van der Waals surface area contributed by atoms with Crippen molar-refractivity contribution in [2.75, 3.05) is 31.2 Å². The maximum Gasteiger partial charge on any atom is 0.245 e. The standard InChI is InChI=1S/C15H24N4O2/c1-3-5-18-15(20)13-10-21-8-7-19(13)14-12(9-16)11(2)4-6-17-14/h4,6,13H,3,5,7-10,16H2,1-2H3,(H,18,20). The number of hydrogen-bond donors (Lipinski definition) is 2. The minimum Gasteiger partial charge on any atom is -0.377 e. The van der Waals surface area contributed by atoms with Gasteiger partial charge in [-0.25, -0.2) is 4.98 Å². The quantitative estimate of drug-likeness (QED) is 0.830. The Morgan fingerprint density at radius 2 is 2.43 bits per heavy atom. The van der Waals surface area contributed by atoms with Gasteiger partial charge in [-0.1, -0.05) is 6.92 Å². The lowest BCUT2D eigenvalue weighted by Crippen LogP contribution is -2.54. The lowest BCUT2D eigenvalue weighted by atomic mass is 10.1. The van der Waals surface area contributed by atoms with Crippen LogP contribution in [0, 0.1) is 6.92 Å². The normalized spacial score (nSPS) is 18.6. The summed E-state index contributed by atoms with van der Waals surface area (Å²) in [6.45, 7) is 6.76. The monoisotopic (exact) mass is 292 g/mol. The fourth-order valence-corrected chi connectivity index (χ4v) is 2.51. The summed E-state index contributed by atoms with van der Waals surface area (Å²) >= 11 is 0. The molecule has 1 aromatic heterocycles. The minimum absolute atomic E-state index is 0.0113. The Hall–Kier alpha value is -1.66. The number of aromatic nitrogens is 1. The molecule has 0 aliphatic carbocycles. The van der Waals surface area contributed by atoms with Crippen LogP contribution in [-0.2, 0) is 16.1 Å². The summed E-state index contributed by atoms with van der Waals surface area (Å²) in [6, 6.07) is 1.60. The van der Waals surface area contributed by atoms with Crippen LogP contribution in [0.3, 0.4) is 0 Å². The number of carbonyl (C=O) groups is 1. The van der Waals surface area contributed by atoms with Gasteiger partial charge in [-0.05, 0) is 25.0 Å². The maximum atomic E-state index is 12.3. The summed E-state index contributed by atoms with van der Waals surface area (Å²) in [5, 5.41) is 2.93. The summed E-state index contributed by atoms with van der Waals surface area (Å²) in [4.78, 5) is 18.8. The van der Waals surface area contributed by atoms with Crippen LogP contribution in [0.2, 0.25) is 0 Å². The fourth-order valence-electron chi connectivity index (χ4n) is 2.51. The third-order valence-corrected chi connectivity index (χ3v) is 3.72. The summed E-state index contributed by atoms with van der Waals surface area (Å²) in [5.41, 5.74) is 7.95. The zero-order chi connectivity index (χ0) is 15.2. The summed E-state index contributed by atoms with van der Waals surface area (Å²) in [6.07, 6.45) is 2.68. The van der Waals surface area contributed by atoms with Gasteiger partial charge in [0, 0.05) is 31.4 Å². The van der Waals surface area contributed by atoms with E-state index < -0.39 is 0 Å². The third kappa shape index (κ3) is 3.51. The third-order valence-electron chi connectivity index (χ3n) is 3.72. The van der Waals surface area contributed by atoms with Crippen molar-refractivity contribution in [2.45, 2.75) is 32.9 Å². The number of amides is 1. The van der Waals surface area contributed by atoms with Gasteiger partial charge < -0.3 is 20.7 Å². The lowest BCUT2D eigenvalue weighted by molar-refractivity contribution is -0.124. The number of morpholine rings is 1. The minimum atomic E-state index is -0.343. The molecule has 3 N–H and O–H groups in total. The molecule has 1 saturated heterocycles. The number of nitrogens with one attached hydrogen (secondary N) is 1. The summed E-state index contributed by atoms with van der Waals surface area (Å²) < 4.78 is 5.48. The number of ether oxygens (including phenoxy) is 1. The first-order valence-electron chi connectivity index (χ1n) is 7.45. The molecule has 2 rings (SSSR count). The molecule has 0 saturated carbocycles. The van der Waals surface area contributed by atoms with Crippen LogP contribution in [0.15, 0.2) is 12.3 Å². The molecular weight excluding hydrogens is 268 g/mol. The van der Waals surface area contributed by atoms with Crippen molar-refractivity contribution in [2.24, 2.45) is 5.73 Å². The molecule has 1 aromatic rings. The number of nitrogens with two attached hydrogens (primary N) is 1. The van der Waals surface area contributed by atoms with Crippen molar-refractivity contribution >= 4 is 11.7 Å². The van der Waals surface area contributed by atoms with Gasteiger partial charge >= 0.3 is 0 Å². The molecule has 1 fully saturated rings. The van der Waals surface area contributed by atoms with E-state index in [-0.39, 0.29) is 11.9 Å². The highest BCUT2D eigenvalue weighted by Gasteiger charge is 2.31. The van der Waals surface area contributed by atoms with E-state index in [0.717, 1.165) is 23.4 Å². The van der Waals surface area contributed by atoms with Crippen LogP contribution in [0.25, 0.3) is 0 Å². The van der Waals surface area contributed by atoms with Gasteiger partial charge in [-0.2, -0.15) is 0 Å². The number of hydrogen-bond acceptors (Lipinski definition) is 5. The Morgan fingerprint density at radius 3 is 3.14 bits per heavy atom. The summed E-state index contributed by atoms with van der Waals surface area (Å²) in [5.74, 6) is 0.792. The Labute approximate surface area is 125 Å². The van der Waals surface area contributed by atoms with Crippen molar-refractivity contribution < 1.29 is 9.53 Å². The first kappa shape index (κ1) is 15.7. The van der Waals surface area contributed by atoms with Gasteiger partial charge in [0.1, 0.15) is 11.9 Å². The molecule has 1 aliphatic heterocycles. The molecular formula is C15H24N4O2. The second-order valence-electron chi connectivity index (χ2n) is 5.21. The predicted octanol–water partition coefficient (Wildman–Crippen LogP) is 0.580. The van der Waals surface area contributed by atoms with Gasteiger partial charge in [0.25, 0.3) is 0 Å². The molecule has 6 nitrogen and oxygen atoms in total. The van der Waals surface area contributed by atoms with Crippen LogP contribution in [0.4, 0.5) is 5.82 Å². The van der Waals surface area contributed by atoms with E-state index in [1.165, 1.54) is 0 Å². The Bertz CT molecular complexity index is 493. The van der Waals surface area contributed by atoms with Gasteiger partial charge in [-0.15, -0.1) is 0 Å². The molecule has 2 heterocycles. The van der Waals surface area contributed by atoms with Crippen molar-refractivity contribution in [3.63, 3.8) is 0 Å². The number of rotatable bonds is 5. The molecule has 0 bridgehead atoms. The summed E-state index contributed by atoms with van der Waals surface area (Å²) in [7, 11) is 0. The van der Waals surface area contributed by atoms with E-state index in [0.29, 0.717) is 32.8 Å². The molecule has 6 heteroatoms. The zero-order valence-corrected chi connectivity index (χ0v) is 12.8. The van der Waals surface area contributed by atoms with Gasteiger partial charge in [-0.3, -0.25) is 4.79 Å². The van der Waals surface area contributed by atoms with E-state index in [2.05, 4.69) is 10.3 Å². The molecule has 0 radical (unpaired) electrons. The lowest BCUT2D eigenvalue weighted by Gasteiger charge is -2.36. The molecule has 1 aliphatic rings. The topological polar surface area (TPSA) is 80.5 Å².